The Labute approximate surface area is 117 Å². The van der Waals surface area contributed by atoms with E-state index in [-0.39, 0.29) is 5.54 Å². The lowest BCUT2D eigenvalue weighted by Gasteiger charge is -2.54. The van der Waals surface area contributed by atoms with E-state index in [0.717, 1.165) is 23.6 Å². The van der Waals surface area contributed by atoms with Crippen molar-refractivity contribution >= 4 is 11.8 Å². The average molecular weight is 270 g/mol. The number of rotatable bonds is 2. The Morgan fingerprint density at radius 1 is 1.17 bits per heavy atom. The first-order chi connectivity index (χ1) is 8.48. The highest BCUT2D eigenvalue weighted by Crippen LogP contribution is 2.42. The summed E-state index contributed by atoms with van der Waals surface area (Å²) >= 11 is 2.12. The fourth-order valence-corrected chi connectivity index (χ4v) is 5.45. The van der Waals surface area contributed by atoms with Crippen LogP contribution >= 0.6 is 11.8 Å². The van der Waals surface area contributed by atoms with Gasteiger partial charge in [-0.2, -0.15) is 11.8 Å². The third-order valence-corrected chi connectivity index (χ3v) is 6.47. The van der Waals surface area contributed by atoms with E-state index >= 15 is 0 Å². The number of nitrogens with zero attached hydrogens (tertiary/aromatic N) is 1. The molecule has 2 N–H and O–H groups in total. The summed E-state index contributed by atoms with van der Waals surface area (Å²) in [5, 5.41) is 0.745. The Balaban J connectivity index is 2.20. The van der Waals surface area contributed by atoms with Crippen LogP contribution < -0.4 is 5.73 Å². The van der Waals surface area contributed by atoms with Crippen molar-refractivity contribution in [2.45, 2.75) is 63.8 Å². The van der Waals surface area contributed by atoms with Crippen LogP contribution in [-0.2, 0) is 0 Å². The molecule has 0 bridgehead atoms. The Kier molecular flexibility index (Phi) is 4.66. The number of nitrogens with two attached hydrogens (primary N) is 1. The van der Waals surface area contributed by atoms with Gasteiger partial charge in [0.1, 0.15) is 0 Å². The highest BCUT2D eigenvalue weighted by molar-refractivity contribution is 8.00. The second kappa shape index (κ2) is 5.72. The van der Waals surface area contributed by atoms with Crippen LogP contribution in [0.15, 0.2) is 0 Å². The van der Waals surface area contributed by atoms with Gasteiger partial charge in [-0.15, -0.1) is 0 Å². The first kappa shape index (κ1) is 14.7. The molecule has 1 aliphatic carbocycles. The Bertz CT molecular complexity index is 272. The Hall–Kier alpha value is 0.270. The predicted octanol–water partition coefficient (Wildman–Crippen LogP) is 2.97. The van der Waals surface area contributed by atoms with Crippen LogP contribution in [0.1, 0.15) is 47.0 Å². The van der Waals surface area contributed by atoms with Crippen molar-refractivity contribution in [2.75, 3.05) is 18.8 Å². The van der Waals surface area contributed by atoms with Gasteiger partial charge in [-0.25, -0.2) is 0 Å². The van der Waals surface area contributed by atoms with Crippen molar-refractivity contribution in [2.24, 2.45) is 17.6 Å². The van der Waals surface area contributed by atoms with Gasteiger partial charge in [0.25, 0.3) is 0 Å². The summed E-state index contributed by atoms with van der Waals surface area (Å²) in [7, 11) is 0. The van der Waals surface area contributed by atoms with Crippen molar-refractivity contribution in [1.82, 2.24) is 4.90 Å². The number of hydrogen-bond acceptors (Lipinski definition) is 3. The van der Waals surface area contributed by atoms with Crippen LogP contribution in [0.3, 0.4) is 0 Å². The maximum atomic E-state index is 6.25. The zero-order valence-electron chi connectivity index (χ0n) is 12.5. The molecule has 106 valence electrons. The highest BCUT2D eigenvalue weighted by Gasteiger charge is 2.45. The van der Waals surface area contributed by atoms with Crippen LogP contribution in [0.4, 0.5) is 0 Å². The zero-order valence-corrected chi connectivity index (χ0v) is 13.3. The van der Waals surface area contributed by atoms with Gasteiger partial charge in [0, 0.05) is 35.7 Å². The van der Waals surface area contributed by atoms with E-state index in [1.54, 1.807) is 0 Å². The molecule has 2 rings (SSSR count). The molecule has 1 saturated carbocycles. The van der Waals surface area contributed by atoms with E-state index < -0.39 is 0 Å². The number of hydrogen-bond donors (Lipinski definition) is 1. The molecule has 4 atom stereocenters. The van der Waals surface area contributed by atoms with Gasteiger partial charge in [0.2, 0.25) is 0 Å². The lowest BCUT2D eigenvalue weighted by molar-refractivity contribution is -0.00440. The molecule has 3 heteroatoms. The first-order valence-electron chi connectivity index (χ1n) is 7.57. The summed E-state index contributed by atoms with van der Waals surface area (Å²) in [6, 6.07) is 0.671. The maximum Gasteiger partial charge on any atom is 0.0340 e. The van der Waals surface area contributed by atoms with Gasteiger partial charge in [-0.3, -0.25) is 4.90 Å². The molecular weight excluding hydrogens is 240 g/mol. The molecule has 0 spiro atoms. The molecule has 0 aromatic rings. The first-order valence-corrected chi connectivity index (χ1v) is 8.62. The molecule has 1 aliphatic heterocycles. The molecule has 2 fully saturated rings. The van der Waals surface area contributed by atoms with E-state index in [1.807, 2.05) is 0 Å². The molecule has 2 nitrogen and oxygen atoms in total. The minimum Gasteiger partial charge on any atom is -0.329 e. The molecule has 18 heavy (non-hydrogen) atoms. The van der Waals surface area contributed by atoms with E-state index in [9.17, 15) is 0 Å². The summed E-state index contributed by atoms with van der Waals surface area (Å²) in [4.78, 5) is 2.76. The molecule has 1 saturated heterocycles. The average Bonchev–Trinajstić information content (AvgIpc) is 2.31. The molecule has 2 aliphatic rings. The fourth-order valence-electron chi connectivity index (χ4n) is 4.35. The lowest BCUT2D eigenvalue weighted by atomic mass is 9.70. The van der Waals surface area contributed by atoms with Crippen molar-refractivity contribution in [3.05, 3.63) is 0 Å². The molecule has 0 aromatic heterocycles. The fraction of sp³-hybridized carbons (Fsp3) is 1.00. The summed E-state index contributed by atoms with van der Waals surface area (Å²) in [5.74, 6) is 2.93. The molecule has 0 amide bonds. The second-order valence-electron chi connectivity index (χ2n) is 6.79. The van der Waals surface area contributed by atoms with Gasteiger partial charge in [0.15, 0.2) is 0 Å². The van der Waals surface area contributed by atoms with Gasteiger partial charge in [-0.05, 0) is 38.0 Å². The highest BCUT2D eigenvalue weighted by atomic mass is 32.2. The van der Waals surface area contributed by atoms with Crippen molar-refractivity contribution in [3.63, 3.8) is 0 Å². The minimum atomic E-state index is 0.283. The molecular formula is C15H30N2S. The lowest BCUT2D eigenvalue weighted by Crippen LogP contribution is -2.63. The second-order valence-corrected chi connectivity index (χ2v) is 8.28. The molecule has 0 aromatic carbocycles. The van der Waals surface area contributed by atoms with Crippen molar-refractivity contribution in [3.8, 4) is 0 Å². The zero-order chi connectivity index (χ0) is 13.3. The summed E-state index contributed by atoms with van der Waals surface area (Å²) in [6.45, 7) is 11.7. The summed E-state index contributed by atoms with van der Waals surface area (Å²) in [5.41, 5.74) is 6.54. The van der Waals surface area contributed by atoms with Gasteiger partial charge in [0.05, 0.1) is 0 Å². The minimum absolute atomic E-state index is 0.283. The third-order valence-electron chi connectivity index (χ3n) is 5.13. The van der Waals surface area contributed by atoms with E-state index in [1.165, 1.54) is 31.6 Å². The van der Waals surface area contributed by atoms with Crippen LogP contribution in [0.25, 0.3) is 0 Å². The standard InChI is InChI=1S/C15H30N2S/c1-11-7-12(2)9-15(8-11,10-16)17-5-6-18-14(4)13(17)3/h11-14H,5-10,16H2,1-4H3. The smallest absolute Gasteiger partial charge is 0.0340 e. The normalized spacial score (nSPS) is 47.2. The van der Waals surface area contributed by atoms with E-state index in [4.69, 9.17) is 5.73 Å². The van der Waals surface area contributed by atoms with Crippen LogP contribution in [0, 0.1) is 11.8 Å². The van der Waals surface area contributed by atoms with Crippen LogP contribution in [0.5, 0.6) is 0 Å². The molecule has 0 radical (unpaired) electrons. The quantitative estimate of drug-likeness (QED) is 0.836. The Morgan fingerprint density at radius 2 is 1.78 bits per heavy atom. The van der Waals surface area contributed by atoms with Crippen LogP contribution in [-0.4, -0.2) is 40.6 Å². The monoisotopic (exact) mass is 270 g/mol. The summed E-state index contributed by atoms with van der Waals surface area (Å²) < 4.78 is 0. The SMILES string of the molecule is CC1CC(C)CC(CN)(N2CCSC(C)C2C)C1. The predicted molar refractivity (Wildman–Crippen MR) is 82.1 cm³/mol. The van der Waals surface area contributed by atoms with Crippen molar-refractivity contribution in [1.29, 1.82) is 0 Å². The van der Waals surface area contributed by atoms with Gasteiger partial charge in [-0.1, -0.05) is 20.8 Å². The number of thioether (sulfide) groups is 1. The topological polar surface area (TPSA) is 29.3 Å². The molecule has 4 unspecified atom stereocenters. The van der Waals surface area contributed by atoms with Gasteiger partial charge >= 0.3 is 0 Å². The van der Waals surface area contributed by atoms with E-state index in [0.29, 0.717) is 6.04 Å². The maximum absolute atomic E-state index is 6.25. The largest absolute Gasteiger partial charge is 0.329 e. The van der Waals surface area contributed by atoms with Gasteiger partial charge < -0.3 is 5.73 Å². The van der Waals surface area contributed by atoms with E-state index in [2.05, 4.69) is 44.4 Å². The Morgan fingerprint density at radius 3 is 2.33 bits per heavy atom. The summed E-state index contributed by atoms with van der Waals surface area (Å²) in [6.07, 6.45) is 3.99. The molecule has 1 heterocycles. The van der Waals surface area contributed by atoms with Crippen molar-refractivity contribution < 1.29 is 0 Å². The third kappa shape index (κ3) is 2.73. The van der Waals surface area contributed by atoms with Crippen LogP contribution in [0.2, 0.25) is 0 Å².